The summed E-state index contributed by atoms with van der Waals surface area (Å²) in [6.07, 6.45) is 1.91. The van der Waals surface area contributed by atoms with Crippen molar-refractivity contribution in [2.45, 2.75) is 52.4 Å². The first kappa shape index (κ1) is 55.3. The Balaban J connectivity index is 0.783. The van der Waals surface area contributed by atoms with Gasteiger partial charge in [-0.1, -0.05) is 222 Å². The lowest BCUT2D eigenvalue weighted by Gasteiger charge is -2.29. The Bertz CT molecular complexity index is 4880. The molecular formula is C88H69N3. The monoisotopic (exact) mass is 1170 g/mol. The van der Waals surface area contributed by atoms with Crippen molar-refractivity contribution in [3.63, 3.8) is 0 Å². The summed E-state index contributed by atoms with van der Waals surface area (Å²) >= 11 is 0. The van der Waals surface area contributed by atoms with Crippen molar-refractivity contribution in [1.82, 2.24) is 4.57 Å². The fraction of sp³-hybridized carbons (Fsp3) is 0.0909. The standard InChI is InChI=1S/C88H69N3/c1-8-59-27-35-68(36-28-59)91-85-49-33-64(60-29-37-66(38-30-60)89(69-41-45-73(57(2)51-69)62-19-11-9-12-20-62)71-43-47-77-75-23-15-17-25-81(75)87(4,5)83(77)55-71)53-79(85)80-54-65(34-50-86(80)91)61-31-39-67(40-32-61)90(70-42-46-74(58(3)52-70)63-21-13-10-14-22-63)72-44-48-78-76-24-16-18-26-82(76)88(6,7)84(78)56-72/h8-56H,1H2,2-7H3. The summed E-state index contributed by atoms with van der Waals surface area (Å²) in [6, 6.07) is 108. The molecule has 91 heavy (non-hydrogen) atoms. The van der Waals surface area contributed by atoms with E-state index in [4.69, 9.17) is 0 Å². The average Bonchev–Trinajstić information content (AvgIpc) is 1.62. The summed E-state index contributed by atoms with van der Waals surface area (Å²) < 4.78 is 2.41. The highest BCUT2D eigenvalue weighted by Gasteiger charge is 2.37. The molecule has 0 saturated heterocycles. The molecule has 2 aliphatic carbocycles. The van der Waals surface area contributed by atoms with Crippen LogP contribution in [0.3, 0.4) is 0 Å². The molecule has 3 nitrogen and oxygen atoms in total. The molecule has 0 bridgehead atoms. The molecule has 3 heteroatoms. The second-order valence-electron chi connectivity index (χ2n) is 25.9. The van der Waals surface area contributed by atoms with Crippen molar-refractivity contribution in [2.24, 2.45) is 0 Å². The van der Waals surface area contributed by atoms with E-state index in [0.29, 0.717) is 0 Å². The molecule has 0 fully saturated rings. The van der Waals surface area contributed by atoms with Crippen LogP contribution < -0.4 is 9.80 Å². The topological polar surface area (TPSA) is 11.4 Å². The summed E-state index contributed by atoms with van der Waals surface area (Å²) in [5.74, 6) is 0. The zero-order valence-corrected chi connectivity index (χ0v) is 52.3. The van der Waals surface area contributed by atoms with Crippen LogP contribution >= 0.6 is 0 Å². The SMILES string of the molecule is C=Cc1ccc(-n2c3ccc(-c4ccc(N(c5ccc(-c6ccccc6)c(C)c5)c5ccc6c(c5)C(C)(C)c5ccccc5-6)cc4)cc3c3cc(-c4ccc(N(c5ccc(-c6ccccc6)c(C)c5)c5ccc6c(c5)C(C)(C)c5ccccc5-6)cc4)ccc32)cc1. The molecule has 436 valence electrons. The summed E-state index contributed by atoms with van der Waals surface area (Å²) in [4.78, 5) is 4.87. The van der Waals surface area contributed by atoms with Crippen LogP contribution in [-0.2, 0) is 10.8 Å². The third-order valence-electron chi connectivity index (χ3n) is 19.8. The first-order valence-electron chi connectivity index (χ1n) is 31.8. The highest BCUT2D eigenvalue weighted by molar-refractivity contribution is 6.12. The molecule has 2 aliphatic rings. The third kappa shape index (κ3) is 9.25. The van der Waals surface area contributed by atoms with Gasteiger partial charge in [0.05, 0.1) is 11.0 Å². The van der Waals surface area contributed by atoms with Crippen LogP contribution in [-0.4, -0.2) is 4.57 Å². The van der Waals surface area contributed by atoms with Gasteiger partial charge in [-0.05, 0) is 229 Å². The zero-order chi connectivity index (χ0) is 61.7. The van der Waals surface area contributed by atoms with E-state index >= 15 is 0 Å². The van der Waals surface area contributed by atoms with E-state index in [-0.39, 0.29) is 10.8 Å². The van der Waals surface area contributed by atoms with E-state index in [0.717, 1.165) is 78.7 Å². The van der Waals surface area contributed by atoms with Crippen molar-refractivity contribution in [3.8, 4) is 72.4 Å². The second-order valence-corrected chi connectivity index (χ2v) is 25.9. The number of fused-ring (bicyclic) bond motifs is 9. The molecule has 0 aliphatic heterocycles. The molecule has 0 amide bonds. The van der Waals surface area contributed by atoms with Crippen LogP contribution in [0.25, 0.3) is 100 Å². The van der Waals surface area contributed by atoms with E-state index in [1.54, 1.807) is 0 Å². The minimum absolute atomic E-state index is 0.138. The summed E-state index contributed by atoms with van der Waals surface area (Å²) in [7, 11) is 0. The van der Waals surface area contributed by atoms with Crippen LogP contribution in [0.5, 0.6) is 0 Å². The van der Waals surface area contributed by atoms with E-state index in [1.807, 2.05) is 6.08 Å². The highest BCUT2D eigenvalue weighted by Crippen LogP contribution is 2.53. The Morgan fingerprint density at radius 2 is 0.648 bits per heavy atom. The smallest absolute Gasteiger partial charge is 0.0541 e. The predicted octanol–water partition coefficient (Wildman–Crippen LogP) is 24.3. The van der Waals surface area contributed by atoms with Crippen molar-refractivity contribution in [3.05, 3.63) is 337 Å². The first-order valence-corrected chi connectivity index (χ1v) is 31.8. The van der Waals surface area contributed by atoms with Crippen molar-refractivity contribution >= 4 is 62.0 Å². The molecule has 0 saturated carbocycles. The van der Waals surface area contributed by atoms with Gasteiger partial charge in [0, 0.05) is 61.4 Å². The Kier molecular flexibility index (Phi) is 13.2. The number of nitrogens with zero attached hydrogens (tertiary/aromatic N) is 3. The second kappa shape index (κ2) is 21.6. The number of hydrogen-bond donors (Lipinski definition) is 0. The van der Waals surface area contributed by atoms with Crippen LogP contribution in [0, 0.1) is 13.8 Å². The van der Waals surface area contributed by atoms with Crippen molar-refractivity contribution in [1.29, 1.82) is 0 Å². The zero-order valence-electron chi connectivity index (χ0n) is 52.3. The number of hydrogen-bond acceptors (Lipinski definition) is 2. The molecule has 16 rings (SSSR count). The van der Waals surface area contributed by atoms with Crippen LogP contribution in [0.2, 0.25) is 0 Å². The molecular weight excluding hydrogens is 1100 g/mol. The summed E-state index contributed by atoms with van der Waals surface area (Å²) in [6.45, 7) is 18.0. The van der Waals surface area contributed by atoms with Crippen LogP contribution in [0.15, 0.2) is 298 Å². The van der Waals surface area contributed by atoms with Crippen molar-refractivity contribution < 1.29 is 0 Å². The molecule has 0 unspecified atom stereocenters. The van der Waals surface area contributed by atoms with E-state index in [9.17, 15) is 0 Å². The van der Waals surface area contributed by atoms with Gasteiger partial charge in [0.2, 0.25) is 0 Å². The van der Waals surface area contributed by atoms with E-state index in [2.05, 4.69) is 354 Å². The molecule has 1 aromatic heterocycles. The first-order chi connectivity index (χ1) is 44.4. The van der Waals surface area contributed by atoms with Gasteiger partial charge >= 0.3 is 0 Å². The van der Waals surface area contributed by atoms with Gasteiger partial charge in [0.1, 0.15) is 0 Å². The Morgan fingerprint density at radius 1 is 0.297 bits per heavy atom. The van der Waals surface area contributed by atoms with Gasteiger partial charge in [-0.2, -0.15) is 0 Å². The Labute approximate surface area is 534 Å². The fourth-order valence-corrected chi connectivity index (χ4v) is 15.0. The largest absolute Gasteiger partial charge is 0.310 e. The van der Waals surface area contributed by atoms with Gasteiger partial charge in [-0.15, -0.1) is 0 Å². The van der Waals surface area contributed by atoms with Gasteiger partial charge in [-0.25, -0.2) is 0 Å². The minimum Gasteiger partial charge on any atom is -0.310 e. The van der Waals surface area contributed by atoms with Gasteiger partial charge in [0.15, 0.2) is 0 Å². The third-order valence-corrected chi connectivity index (χ3v) is 19.8. The summed E-state index contributed by atoms with van der Waals surface area (Å²) in [5.41, 5.74) is 33.7. The molecule has 14 aromatic rings. The maximum atomic E-state index is 4.06. The molecule has 1 heterocycles. The van der Waals surface area contributed by atoms with Crippen LogP contribution in [0.1, 0.15) is 66.6 Å². The lowest BCUT2D eigenvalue weighted by atomic mass is 9.82. The number of anilines is 6. The number of benzene rings is 13. The van der Waals surface area contributed by atoms with E-state index in [1.165, 1.54) is 88.7 Å². The summed E-state index contributed by atoms with van der Waals surface area (Å²) in [5, 5.41) is 2.39. The predicted molar refractivity (Wildman–Crippen MR) is 387 cm³/mol. The molecule has 0 radical (unpaired) electrons. The van der Waals surface area contributed by atoms with Gasteiger partial charge in [-0.3, -0.25) is 0 Å². The minimum atomic E-state index is -0.138. The molecule has 0 spiro atoms. The number of aromatic nitrogens is 1. The fourth-order valence-electron chi connectivity index (χ4n) is 15.0. The normalized spacial score (nSPS) is 13.2. The highest BCUT2D eigenvalue weighted by atomic mass is 15.1. The van der Waals surface area contributed by atoms with Gasteiger partial charge < -0.3 is 14.4 Å². The van der Waals surface area contributed by atoms with E-state index < -0.39 is 0 Å². The quantitative estimate of drug-likeness (QED) is 0.121. The molecule has 0 N–H and O–H groups in total. The number of rotatable bonds is 12. The van der Waals surface area contributed by atoms with Gasteiger partial charge in [0.25, 0.3) is 0 Å². The molecule has 13 aromatic carbocycles. The maximum Gasteiger partial charge on any atom is 0.0541 e. The lowest BCUT2D eigenvalue weighted by molar-refractivity contribution is 0.660. The average molecular weight is 1170 g/mol. The Hall–Kier alpha value is -11.0. The van der Waals surface area contributed by atoms with Crippen molar-refractivity contribution in [2.75, 3.05) is 9.80 Å². The molecule has 0 atom stereocenters. The lowest BCUT2D eigenvalue weighted by Crippen LogP contribution is -2.16. The number of aryl methyl sites for hydroxylation is 2. The van der Waals surface area contributed by atoms with Crippen LogP contribution in [0.4, 0.5) is 34.1 Å². The maximum absolute atomic E-state index is 4.06. The Morgan fingerprint density at radius 3 is 1.05 bits per heavy atom.